The number of pyridine rings is 1. The molecule has 1 aromatic heterocycles. The Labute approximate surface area is 295 Å². The lowest BCUT2D eigenvalue weighted by Crippen LogP contribution is -3.00. The Morgan fingerprint density at radius 2 is 1.33 bits per heavy atom. The summed E-state index contributed by atoms with van der Waals surface area (Å²) < 4.78 is 36.9. The van der Waals surface area contributed by atoms with Gasteiger partial charge in [-0.2, -0.15) is 4.31 Å². The van der Waals surface area contributed by atoms with E-state index >= 15 is 0 Å². The van der Waals surface area contributed by atoms with E-state index in [2.05, 4.69) is 6.92 Å². The predicted molar refractivity (Wildman–Crippen MR) is 182 cm³/mol. The van der Waals surface area contributed by atoms with E-state index in [1.807, 2.05) is 73.3 Å². The third-order valence-electron chi connectivity index (χ3n) is 8.27. The van der Waals surface area contributed by atoms with E-state index in [9.17, 15) is 8.42 Å². The van der Waals surface area contributed by atoms with Crippen molar-refractivity contribution in [1.82, 2.24) is 4.31 Å². The number of unbranched alkanes of at least 4 members (excludes halogenated alkanes) is 13. The monoisotopic (exact) mass is 768 g/mol. The Balaban J connectivity index is 0.00000705. The average Bonchev–Trinajstić information content (AvgIpc) is 3.01. The minimum atomic E-state index is -3.75. The van der Waals surface area contributed by atoms with Crippen LogP contribution in [0.4, 0.5) is 0 Å². The largest absolute Gasteiger partial charge is 1.00 e. The normalized spacial score (nSPS) is 11.5. The van der Waals surface area contributed by atoms with Crippen LogP contribution in [0.1, 0.15) is 114 Å². The Kier molecular flexibility index (Phi) is 19.3. The van der Waals surface area contributed by atoms with Crippen molar-refractivity contribution in [2.24, 2.45) is 7.05 Å². The third kappa shape index (κ3) is 14.3. The van der Waals surface area contributed by atoms with Crippen LogP contribution in [0.25, 0.3) is 0 Å². The van der Waals surface area contributed by atoms with Gasteiger partial charge in [0.05, 0.1) is 23.1 Å². The molecule has 0 atom stereocenters. The zero-order valence-electron chi connectivity index (χ0n) is 27.7. The molecule has 8 heteroatoms. The van der Waals surface area contributed by atoms with Crippen LogP contribution in [0, 0.1) is 6.92 Å². The van der Waals surface area contributed by atoms with Gasteiger partial charge in [-0.05, 0) is 43.2 Å². The fourth-order valence-electron chi connectivity index (χ4n) is 5.43. The van der Waals surface area contributed by atoms with E-state index in [0.29, 0.717) is 17.4 Å². The standard InChI is InChI=1S/C37H54ClN2O3S.HI/c1-4-5-6-7-8-9-10-11-12-13-14-15-16-19-28-43-37-26-23-33(29-36(37)38)30-40(31-34-20-17-18-27-39(34)3)44(41,42)35-24-21-32(2)22-25-35;/h17-18,20-27,29H,4-16,19,28,30-31H2,1-3H3;1H/q+1;/p-1. The van der Waals surface area contributed by atoms with Crippen molar-refractivity contribution in [2.45, 2.75) is 122 Å². The maximum atomic E-state index is 13.7. The van der Waals surface area contributed by atoms with Crippen LogP contribution in [0.5, 0.6) is 5.75 Å². The van der Waals surface area contributed by atoms with Crippen molar-refractivity contribution < 1.29 is 41.7 Å². The molecule has 0 saturated carbocycles. The lowest BCUT2D eigenvalue weighted by Gasteiger charge is -2.22. The first-order valence-electron chi connectivity index (χ1n) is 16.7. The van der Waals surface area contributed by atoms with Crippen LogP contribution in [-0.4, -0.2) is 19.3 Å². The second kappa shape index (κ2) is 22.0. The van der Waals surface area contributed by atoms with Crippen LogP contribution in [0.15, 0.2) is 71.8 Å². The Morgan fingerprint density at radius 1 is 0.756 bits per heavy atom. The van der Waals surface area contributed by atoms with Gasteiger partial charge in [0, 0.05) is 18.7 Å². The van der Waals surface area contributed by atoms with Crippen molar-refractivity contribution in [2.75, 3.05) is 6.61 Å². The van der Waals surface area contributed by atoms with E-state index in [1.165, 1.54) is 81.4 Å². The molecule has 0 aliphatic rings. The second-order valence-electron chi connectivity index (χ2n) is 12.1. The van der Waals surface area contributed by atoms with Gasteiger partial charge >= 0.3 is 0 Å². The molecular formula is C37H54ClIN2O3S. The molecule has 0 spiro atoms. The van der Waals surface area contributed by atoms with Crippen LogP contribution in [0.2, 0.25) is 5.02 Å². The highest BCUT2D eigenvalue weighted by molar-refractivity contribution is 7.89. The Morgan fingerprint density at radius 3 is 1.89 bits per heavy atom. The third-order valence-corrected chi connectivity index (χ3v) is 10.4. The average molecular weight is 769 g/mol. The summed E-state index contributed by atoms with van der Waals surface area (Å²) in [5, 5.41) is 0.505. The van der Waals surface area contributed by atoms with E-state index in [4.69, 9.17) is 16.3 Å². The summed E-state index contributed by atoms with van der Waals surface area (Å²) in [4.78, 5) is 0.279. The predicted octanol–water partition coefficient (Wildman–Crippen LogP) is 6.73. The molecule has 0 unspecified atom stereocenters. The summed E-state index contributed by atoms with van der Waals surface area (Å²) in [6, 6.07) is 18.4. The summed E-state index contributed by atoms with van der Waals surface area (Å²) in [7, 11) is -1.82. The number of sulfonamides is 1. The summed E-state index contributed by atoms with van der Waals surface area (Å²) >= 11 is 6.61. The summed E-state index contributed by atoms with van der Waals surface area (Å²) in [6.45, 7) is 5.29. The molecule has 2 aromatic carbocycles. The van der Waals surface area contributed by atoms with Crippen molar-refractivity contribution in [3.63, 3.8) is 0 Å². The second-order valence-corrected chi connectivity index (χ2v) is 14.4. The smallest absolute Gasteiger partial charge is 0.243 e. The number of hydrogen-bond acceptors (Lipinski definition) is 3. The molecule has 1 heterocycles. The van der Waals surface area contributed by atoms with Gasteiger partial charge in [0.1, 0.15) is 12.8 Å². The highest BCUT2D eigenvalue weighted by Crippen LogP contribution is 2.28. The number of hydrogen-bond donors (Lipinski definition) is 0. The lowest BCUT2D eigenvalue weighted by molar-refractivity contribution is -0.680. The molecule has 5 nitrogen and oxygen atoms in total. The van der Waals surface area contributed by atoms with Gasteiger partial charge in [-0.15, -0.1) is 0 Å². The summed E-state index contributed by atoms with van der Waals surface area (Å²) in [5.74, 6) is 0.646. The fraction of sp³-hybridized carbons (Fsp3) is 0.541. The van der Waals surface area contributed by atoms with Gasteiger partial charge in [0.2, 0.25) is 10.0 Å². The van der Waals surface area contributed by atoms with E-state index in [1.54, 1.807) is 12.1 Å². The summed E-state index contributed by atoms with van der Waals surface area (Å²) in [5.41, 5.74) is 2.72. The maximum Gasteiger partial charge on any atom is 0.243 e. The zero-order chi connectivity index (χ0) is 31.6. The molecule has 0 bridgehead atoms. The number of aryl methyl sites for hydroxylation is 2. The van der Waals surface area contributed by atoms with E-state index in [-0.39, 0.29) is 42.0 Å². The van der Waals surface area contributed by atoms with Gasteiger partial charge in [-0.25, -0.2) is 13.0 Å². The van der Waals surface area contributed by atoms with Gasteiger partial charge in [0.15, 0.2) is 11.9 Å². The topological polar surface area (TPSA) is 50.5 Å². The first-order valence-corrected chi connectivity index (χ1v) is 18.5. The maximum absolute atomic E-state index is 13.7. The molecule has 0 aliphatic heterocycles. The number of nitrogens with zero attached hydrogens (tertiary/aromatic N) is 2. The minimum absolute atomic E-state index is 0. The number of ether oxygens (including phenoxy) is 1. The van der Waals surface area contributed by atoms with Crippen LogP contribution >= 0.6 is 11.6 Å². The lowest BCUT2D eigenvalue weighted by atomic mass is 10.0. The Bertz CT molecular complexity index is 1350. The molecule has 0 fully saturated rings. The SMILES string of the molecule is CCCCCCCCCCCCCCCCOc1ccc(CN(Cc2cccc[n+]2C)S(=O)(=O)c2ccc(C)cc2)cc1Cl.[I-]. The van der Waals surface area contributed by atoms with Crippen LogP contribution < -0.4 is 33.3 Å². The number of rotatable bonds is 22. The van der Waals surface area contributed by atoms with Crippen molar-refractivity contribution >= 4 is 21.6 Å². The van der Waals surface area contributed by atoms with Crippen LogP contribution in [-0.2, 0) is 30.2 Å². The molecule has 0 amide bonds. The van der Waals surface area contributed by atoms with Crippen LogP contribution in [0.3, 0.4) is 0 Å². The molecule has 0 aliphatic carbocycles. The highest BCUT2D eigenvalue weighted by atomic mass is 127. The molecule has 0 N–H and O–H groups in total. The number of benzene rings is 2. The molecule has 0 saturated heterocycles. The zero-order valence-corrected chi connectivity index (χ0v) is 31.4. The van der Waals surface area contributed by atoms with Gasteiger partial charge < -0.3 is 28.7 Å². The van der Waals surface area contributed by atoms with Crippen molar-refractivity contribution in [3.8, 4) is 5.75 Å². The molecular weight excluding hydrogens is 715 g/mol. The van der Waals surface area contributed by atoms with Gasteiger partial charge in [-0.1, -0.05) is 132 Å². The van der Waals surface area contributed by atoms with E-state index < -0.39 is 10.0 Å². The quantitative estimate of drug-likeness (QED) is 0.0648. The minimum Gasteiger partial charge on any atom is -1.00 e. The number of halogens is 2. The number of aromatic nitrogens is 1. The Hall–Kier alpha value is -1.68. The van der Waals surface area contributed by atoms with Crippen molar-refractivity contribution in [1.29, 1.82) is 0 Å². The molecule has 45 heavy (non-hydrogen) atoms. The fourth-order valence-corrected chi connectivity index (χ4v) is 7.09. The van der Waals surface area contributed by atoms with E-state index in [0.717, 1.165) is 29.7 Å². The summed E-state index contributed by atoms with van der Waals surface area (Å²) in [6.07, 6.45) is 20.5. The molecule has 250 valence electrons. The first-order chi connectivity index (χ1) is 21.3. The first kappa shape index (κ1) is 39.5. The molecule has 0 radical (unpaired) electrons. The van der Waals surface area contributed by atoms with Gasteiger partial charge in [0.25, 0.3) is 0 Å². The molecule has 3 aromatic rings. The van der Waals surface area contributed by atoms with Gasteiger partial charge in [-0.3, -0.25) is 0 Å². The molecule has 3 rings (SSSR count). The highest BCUT2D eigenvalue weighted by Gasteiger charge is 2.27. The van der Waals surface area contributed by atoms with Crippen molar-refractivity contribution in [3.05, 3.63) is 88.7 Å².